The predicted octanol–water partition coefficient (Wildman–Crippen LogP) is 6.66. The molecule has 8 heteroatoms. The lowest BCUT2D eigenvalue weighted by atomic mass is 9.78. The molecular weight excluding hydrogens is 517 g/mol. The van der Waals surface area contributed by atoms with E-state index >= 15 is 0 Å². The summed E-state index contributed by atoms with van der Waals surface area (Å²) < 4.78 is 15.5. The number of benzene rings is 2. The van der Waals surface area contributed by atoms with Gasteiger partial charge in [0.2, 0.25) is 5.95 Å². The average Bonchev–Trinajstić information content (AvgIpc) is 3.31. The van der Waals surface area contributed by atoms with Gasteiger partial charge in [-0.15, -0.1) is 0 Å². The number of anilines is 1. The lowest BCUT2D eigenvalue weighted by Gasteiger charge is -2.28. The van der Waals surface area contributed by atoms with E-state index in [2.05, 4.69) is 52.0 Å². The van der Waals surface area contributed by atoms with Gasteiger partial charge < -0.3 is 10.5 Å². The van der Waals surface area contributed by atoms with Crippen LogP contribution < -0.4 is 10.3 Å². The number of nitrogens with one attached hydrogen (secondary N) is 1. The Kier molecular flexibility index (Phi) is 7.19. The van der Waals surface area contributed by atoms with Gasteiger partial charge in [-0.25, -0.2) is 14.1 Å². The van der Waals surface area contributed by atoms with Crippen molar-refractivity contribution in [3.8, 4) is 28.3 Å². The smallest absolute Gasteiger partial charge is 0.253 e. The number of amides is 1. The Hall–Kier alpha value is -4.46. The molecule has 0 atom stereocenters. The van der Waals surface area contributed by atoms with Crippen molar-refractivity contribution in [2.75, 3.05) is 23.4 Å². The number of fused-ring (bicyclic) bond motifs is 1. The third-order valence-electron chi connectivity index (χ3n) is 7.21. The number of aromatic nitrogens is 3. The summed E-state index contributed by atoms with van der Waals surface area (Å²) in [4.78, 5) is 24.3. The summed E-state index contributed by atoms with van der Waals surface area (Å²) in [5.41, 5.74) is 8.31. The minimum absolute atomic E-state index is 0.215. The first-order valence-corrected chi connectivity index (χ1v) is 13.7. The summed E-state index contributed by atoms with van der Waals surface area (Å²) >= 11 is 0. The number of hydrogen-bond acceptors (Lipinski definition) is 5. The minimum Gasteiger partial charge on any atom is -0.507 e. The van der Waals surface area contributed by atoms with Gasteiger partial charge in [0.25, 0.3) is 5.91 Å². The second-order valence-corrected chi connectivity index (χ2v) is 12.4. The maximum atomic E-state index is 13.7. The molecule has 0 radical (unpaired) electrons. The van der Waals surface area contributed by atoms with Crippen molar-refractivity contribution in [1.82, 2.24) is 14.6 Å². The van der Waals surface area contributed by atoms with Gasteiger partial charge in [0.15, 0.2) is 0 Å². The van der Waals surface area contributed by atoms with E-state index in [-0.39, 0.29) is 22.6 Å². The first-order chi connectivity index (χ1) is 19.3. The number of pyridine rings is 1. The number of rotatable bonds is 4. The van der Waals surface area contributed by atoms with Crippen LogP contribution in [-0.2, 0) is 15.6 Å². The van der Waals surface area contributed by atoms with Crippen LogP contribution in [0.2, 0.25) is 0 Å². The van der Waals surface area contributed by atoms with Crippen molar-refractivity contribution in [3.63, 3.8) is 0 Å². The highest BCUT2D eigenvalue weighted by Gasteiger charge is 2.30. The Morgan fingerprint density at radius 2 is 1.56 bits per heavy atom. The van der Waals surface area contributed by atoms with Gasteiger partial charge in [0.1, 0.15) is 17.3 Å². The van der Waals surface area contributed by atoms with Crippen LogP contribution in [0.4, 0.5) is 10.3 Å². The Morgan fingerprint density at radius 3 is 2.15 bits per heavy atom. The molecule has 0 spiro atoms. The molecule has 0 saturated carbocycles. The zero-order valence-electron chi connectivity index (χ0n) is 24.4. The highest BCUT2D eigenvalue weighted by molar-refractivity contribution is 6.04. The Labute approximate surface area is 240 Å². The first kappa shape index (κ1) is 28.1. The standard InChI is InChI=1S/C33H36FN5O2/c1-32(2,3)25-19-21(20-26(30(25)41)33(4,5)6)7-12-27(40)38-18-17-36-39-29(23-13-15-35-16-14-23)28(37-31(38)39)22-8-10-24(34)11-9-22/h7-16,19-20,36,41H,17-18H2,1-6H3. The molecule has 5 rings (SSSR count). The van der Waals surface area contributed by atoms with E-state index in [4.69, 9.17) is 4.98 Å². The molecule has 0 saturated heterocycles. The molecule has 0 bridgehead atoms. The van der Waals surface area contributed by atoms with Gasteiger partial charge in [-0.2, -0.15) is 0 Å². The number of hydrogen-bond donors (Lipinski definition) is 2. The number of carbonyl (C=O) groups is 1. The maximum absolute atomic E-state index is 13.7. The zero-order valence-corrected chi connectivity index (χ0v) is 24.4. The van der Waals surface area contributed by atoms with Gasteiger partial charge in [0.05, 0.1) is 5.69 Å². The molecule has 212 valence electrons. The van der Waals surface area contributed by atoms with Gasteiger partial charge in [-0.1, -0.05) is 41.5 Å². The number of phenols is 1. The molecule has 0 aliphatic carbocycles. The lowest BCUT2D eigenvalue weighted by molar-refractivity contribution is -0.114. The third kappa shape index (κ3) is 5.59. The Morgan fingerprint density at radius 1 is 0.951 bits per heavy atom. The molecule has 0 fully saturated rings. The summed E-state index contributed by atoms with van der Waals surface area (Å²) in [6.07, 6.45) is 6.76. The van der Waals surface area contributed by atoms with Crippen LogP contribution in [0, 0.1) is 5.82 Å². The summed E-state index contributed by atoms with van der Waals surface area (Å²) in [6.45, 7) is 13.3. The molecule has 1 amide bonds. The number of nitrogens with zero attached hydrogens (tertiary/aromatic N) is 4. The van der Waals surface area contributed by atoms with E-state index in [0.29, 0.717) is 30.5 Å². The summed E-state index contributed by atoms with van der Waals surface area (Å²) in [5.74, 6) is 0.206. The topological polar surface area (TPSA) is 83.3 Å². The van der Waals surface area contributed by atoms with Crippen molar-refractivity contribution >= 4 is 17.9 Å². The largest absolute Gasteiger partial charge is 0.507 e. The number of carbonyl (C=O) groups excluding carboxylic acids is 1. The molecule has 7 nitrogen and oxygen atoms in total. The van der Waals surface area contributed by atoms with E-state index in [0.717, 1.165) is 33.5 Å². The fourth-order valence-electron chi connectivity index (χ4n) is 5.06. The highest BCUT2D eigenvalue weighted by Crippen LogP contribution is 2.40. The molecule has 41 heavy (non-hydrogen) atoms. The third-order valence-corrected chi connectivity index (χ3v) is 7.21. The summed E-state index contributed by atoms with van der Waals surface area (Å²) in [6, 6.07) is 13.8. The van der Waals surface area contributed by atoms with E-state index < -0.39 is 0 Å². The normalized spacial score (nSPS) is 13.8. The monoisotopic (exact) mass is 553 g/mol. The van der Waals surface area contributed by atoms with Gasteiger partial charge >= 0.3 is 0 Å². The number of aromatic hydroxyl groups is 1. The van der Waals surface area contributed by atoms with Crippen molar-refractivity contribution in [3.05, 3.63) is 89.5 Å². The first-order valence-electron chi connectivity index (χ1n) is 13.7. The van der Waals surface area contributed by atoms with Crippen molar-refractivity contribution in [2.24, 2.45) is 0 Å². The van der Waals surface area contributed by atoms with Crippen LogP contribution >= 0.6 is 0 Å². The highest BCUT2D eigenvalue weighted by atomic mass is 19.1. The van der Waals surface area contributed by atoms with E-state index in [9.17, 15) is 14.3 Å². The number of imidazole rings is 1. The summed E-state index contributed by atoms with van der Waals surface area (Å²) in [7, 11) is 0. The van der Waals surface area contributed by atoms with Gasteiger partial charge in [0, 0.05) is 53.8 Å². The molecule has 2 N–H and O–H groups in total. The number of halogens is 1. The maximum Gasteiger partial charge on any atom is 0.253 e. The van der Waals surface area contributed by atoms with Crippen LogP contribution in [0.25, 0.3) is 28.6 Å². The Balaban J connectivity index is 1.56. The van der Waals surface area contributed by atoms with Crippen LogP contribution in [0.15, 0.2) is 67.0 Å². The van der Waals surface area contributed by atoms with E-state index in [1.165, 1.54) is 12.1 Å². The molecule has 2 aromatic carbocycles. The minimum atomic E-state index is -0.332. The van der Waals surface area contributed by atoms with Gasteiger partial charge in [-0.3, -0.25) is 14.7 Å². The number of phenolic OH excluding ortho intramolecular Hbond substituents is 1. The summed E-state index contributed by atoms with van der Waals surface area (Å²) in [5, 5.41) is 11.1. The molecule has 1 aliphatic rings. The van der Waals surface area contributed by atoms with Crippen LogP contribution in [0.1, 0.15) is 58.2 Å². The Bertz CT molecular complexity index is 1580. The second kappa shape index (κ2) is 10.5. The van der Waals surface area contributed by atoms with E-state index in [1.54, 1.807) is 41.6 Å². The van der Waals surface area contributed by atoms with Crippen LogP contribution in [0.5, 0.6) is 5.75 Å². The second-order valence-electron chi connectivity index (χ2n) is 12.4. The van der Waals surface area contributed by atoms with Gasteiger partial charge in [-0.05, 0) is 71.0 Å². The van der Waals surface area contributed by atoms with Crippen LogP contribution in [-0.4, -0.2) is 38.7 Å². The zero-order chi connectivity index (χ0) is 29.5. The van der Waals surface area contributed by atoms with Crippen molar-refractivity contribution in [1.29, 1.82) is 0 Å². The van der Waals surface area contributed by atoms with E-state index in [1.807, 2.05) is 28.9 Å². The predicted molar refractivity (Wildman–Crippen MR) is 162 cm³/mol. The molecular formula is C33H36FN5O2. The quantitative estimate of drug-likeness (QED) is 0.276. The lowest BCUT2D eigenvalue weighted by Crippen LogP contribution is -2.43. The molecule has 4 aromatic rings. The van der Waals surface area contributed by atoms with Crippen LogP contribution in [0.3, 0.4) is 0 Å². The fourth-order valence-corrected chi connectivity index (χ4v) is 5.06. The molecule has 3 heterocycles. The van der Waals surface area contributed by atoms with Crippen molar-refractivity contribution < 1.29 is 14.3 Å². The SMILES string of the molecule is CC(C)(C)c1cc(C=CC(=O)N2CCNn3c2nc(-c2ccc(F)cc2)c3-c2ccncc2)cc(C(C)(C)C)c1O. The molecule has 2 aromatic heterocycles. The molecule has 0 unspecified atom stereocenters. The average molecular weight is 554 g/mol. The fraction of sp³-hybridized carbons (Fsp3) is 0.303. The van der Waals surface area contributed by atoms with Crippen molar-refractivity contribution in [2.45, 2.75) is 52.4 Å². The molecule has 1 aliphatic heterocycles.